The second kappa shape index (κ2) is 18.6. The summed E-state index contributed by atoms with van der Waals surface area (Å²) in [5.74, 6) is 0.155. The van der Waals surface area contributed by atoms with Gasteiger partial charge in [-0.2, -0.15) is 0 Å². The molecule has 9 heteroatoms. The molecule has 0 bridgehead atoms. The van der Waals surface area contributed by atoms with Crippen LogP contribution in [0.4, 0.5) is 0 Å². The lowest BCUT2D eigenvalue weighted by Gasteiger charge is -2.24. The summed E-state index contributed by atoms with van der Waals surface area (Å²) >= 11 is 0. The van der Waals surface area contributed by atoms with Crippen LogP contribution in [-0.4, -0.2) is 46.0 Å². The maximum absolute atomic E-state index is 13.5. The van der Waals surface area contributed by atoms with Gasteiger partial charge in [0.05, 0.1) is 19.1 Å². The van der Waals surface area contributed by atoms with Crippen molar-refractivity contribution in [1.29, 1.82) is 0 Å². The standard InChI is InChI=1S/C44H56N4O5/c1-9-10-11-12-13-26-52-37-24-20-31(21-25-37)35-28-45-40(46-29-35)33-16-14-32(15-17-33)38(27-39(49)47-30(2)42(51)53-44(6,7)8)48-41(50)34-18-22-36(23-19-34)43(3,4)5/h14-25,28-30,38H,9-13,26-27H2,1-8H3,(H,47,49)(H,48,50)/t30-,38+/m1/s1. The average molecular weight is 721 g/mol. The highest BCUT2D eigenvalue weighted by atomic mass is 16.6. The highest BCUT2D eigenvalue weighted by Crippen LogP contribution is 2.26. The summed E-state index contributed by atoms with van der Waals surface area (Å²) in [6.07, 6.45) is 9.51. The number of unbranched alkanes of at least 4 members (excludes halogenated alkanes) is 4. The highest BCUT2D eigenvalue weighted by Gasteiger charge is 2.26. The number of esters is 1. The predicted octanol–water partition coefficient (Wildman–Crippen LogP) is 9.16. The van der Waals surface area contributed by atoms with E-state index in [9.17, 15) is 14.4 Å². The molecule has 0 radical (unpaired) electrons. The zero-order valence-corrected chi connectivity index (χ0v) is 32.6. The number of carbonyl (C=O) groups excluding carboxylic acids is 3. The van der Waals surface area contributed by atoms with E-state index in [2.05, 4.69) is 48.3 Å². The fraction of sp³-hybridized carbons (Fsp3) is 0.432. The van der Waals surface area contributed by atoms with E-state index in [4.69, 9.17) is 9.47 Å². The van der Waals surface area contributed by atoms with Crippen molar-refractivity contribution in [3.05, 3.63) is 102 Å². The molecule has 0 fully saturated rings. The van der Waals surface area contributed by atoms with Crippen LogP contribution in [0, 0.1) is 0 Å². The largest absolute Gasteiger partial charge is 0.494 e. The first-order chi connectivity index (χ1) is 25.1. The van der Waals surface area contributed by atoms with Crippen LogP contribution in [0.15, 0.2) is 85.2 Å². The number of amides is 2. The summed E-state index contributed by atoms with van der Waals surface area (Å²) in [5, 5.41) is 5.76. The molecule has 2 N–H and O–H groups in total. The minimum absolute atomic E-state index is 0.0556. The van der Waals surface area contributed by atoms with Crippen molar-refractivity contribution in [3.63, 3.8) is 0 Å². The van der Waals surface area contributed by atoms with Crippen molar-refractivity contribution in [2.24, 2.45) is 0 Å². The monoisotopic (exact) mass is 720 g/mol. The molecule has 53 heavy (non-hydrogen) atoms. The van der Waals surface area contributed by atoms with Gasteiger partial charge in [-0.3, -0.25) is 9.59 Å². The molecular weight excluding hydrogens is 665 g/mol. The zero-order chi connectivity index (χ0) is 38.6. The van der Waals surface area contributed by atoms with Crippen LogP contribution >= 0.6 is 0 Å². The average Bonchev–Trinajstić information content (AvgIpc) is 3.12. The topological polar surface area (TPSA) is 120 Å². The third kappa shape index (κ3) is 12.8. The molecule has 4 aromatic rings. The fourth-order valence-electron chi connectivity index (χ4n) is 5.68. The van der Waals surface area contributed by atoms with E-state index in [0.29, 0.717) is 17.0 Å². The van der Waals surface area contributed by atoms with Gasteiger partial charge < -0.3 is 20.1 Å². The van der Waals surface area contributed by atoms with E-state index < -0.39 is 29.6 Å². The molecule has 3 aromatic carbocycles. The van der Waals surface area contributed by atoms with Crippen LogP contribution in [0.2, 0.25) is 0 Å². The summed E-state index contributed by atoms with van der Waals surface area (Å²) in [7, 11) is 0. The van der Waals surface area contributed by atoms with E-state index in [1.54, 1.807) is 52.2 Å². The molecule has 9 nitrogen and oxygen atoms in total. The van der Waals surface area contributed by atoms with Gasteiger partial charge in [-0.25, -0.2) is 14.8 Å². The number of ether oxygens (including phenoxy) is 2. The van der Waals surface area contributed by atoms with Crippen LogP contribution in [-0.2, 0) is 19.7 Å². The van der Waals surface area contributed by atoms with Crippen molar-refractivity contribution in [2.45, 2.75) is 117 Å². The molecule has 0 saturated heterocycles. The molecule has 0 aliphatic heterocycles. The predicted molar refractivity (Wildman–Crippen MR) is 211 cm³/mol. The fourth-order valence-corrected chi connectivity index (χ4v) is 5.68. The Balaban J connectivity index is 1.45. The summed E-state index contributed by atoms with van der Waals surface area (Å²) in [5.41, 5.74) is 4.24. The Bertz CT molecular complexity index is 1770. The minimum atomic E-state index is -0.859. The Hall–Kier alpha value is -5.05. The first-order valence-electron chi connectivity index (χ1n) is 18.7. The molecule has 0 aliphatic carbocycles. The van der Waals surface area contributed by atoms with Crippen molar-refractivity contribution in [2.75, 3.05) is 6.61 Å². The Morgan fingerprint density at radius 1 is 0.717 bits per heavy atom. The van der Waals surface area contributed by atoms with E-state index >= 15 is 0 Å². The first-order valence-corrected chi connectivity index (χ1v) is 18.7. The molecule has 0 spiro atoms. The van der Waals surface area contributed by atoms with Crippen molar-refractivity contribution in [3.8, 4) is 28.3 Å². The molecule has 282 valence electrons. The summed E-state index contributed by atoms with van der Waals surface area (Å²) in [6, 6.07) is 21.4. The maximum Gasteiger partial charge on any atom is 0.328 e. The normalized spacial score (nSPS) is 12.8. The third-order valence-corrected chi connectivity index (χ3v) is 8.77. The van der Waals surface area contributed by atoms with Gasteiger partial charge in [0.2, 0.25) is 5.91 Å². The lowest BCUT2D eigenvalue weighted by Crippen LogP contribution is -2.43. The van der Waals surface area contributed by atoms with Crippen LogP contribution in [0.3, 0.4) is 0 Å². The van der Waals surface area contributed by atoms with E-state index in [1.165, 1.54) is 25.7 Å². The SMILES string of the molecule is CCCCCCCOc1ccc(-c2cnc(-c3ccc([C@H](CC(=O)N[C@H](C)C(=O)OC(C)(C)C)NC(=O)c4ccc(C(C)(C)C)cc4)cc3)nc2)cc1. The molecule has 2 amide bonds. The Morgan fingerprint density at radius 3 is 1.91 bits per heavy atom. The number of carbonyl (C=O) groups is 3. The number of rotatable bonds is 16. The van der Waals surface area contributed by atoms with Crippen molar-refractivity contribution in [1.82, 2.24) is 20.6 Å². The van der Waals surface area contributed by atoms with Gasteiger partial charge in [0.15, 0.2) is 5.82 Å². The first kappa shape index (κ1) is 40.7. The lowest BCUT2D eigenvalue weighted by molar-refractivity contribution is -0.158. The molecule has 1 heterocycles. The smallest absolute Gasteiger partial charge is 0.328 e. The van der Waals surface area contributed by atoms with Gasteiger partial charge in [0, 0.05) is 29.1 Å². The molecular formula is C44H56N4O5. The van der Waals surface area contributed by atoms with Crippen LogP contribution in [0.5, 0.6) is 5.75 Å². The summed E-state index contributed by atoms with van der Waals surface area (Å²) in [4.78, 5) is 48.5. The highest BCUT2D eigenvalue weighted by molar-refractivity contribution is 5.95. The Morgan fingerprint density at radius 2 is 1.32 bits per heavy atom. The van der Waals surface area contributed by atoms with Crippen LogP contribution in [0.25, 0.3) is 22.5 Å². The van der Waals surface area contributed by atoms with E-state index in [0.717, 1.165) is 41.0 Å². The number of hydrogen-bond acceptors (Lipinski definition) is 7. The van der Waals surface area contributed by atoms with E-state index in [1.807, 2.05) is 60.7 Å². The van der Waals surface area contributed by atoms with Crippen molar-refractivity contribution >= 4 is 17.8 Å². The number of nitrogens with zero attached hydrogens (tertiary/aromatic N) is 2. The Labute approximate surface area is 315 Å². The van der Waals surface area contributed by atoms with Crippen LogP contribution < -0.4 is 15.4 Å². The quantitative estimate of drug-likeness (QED) is 0.0875. The number of nitrogens with one attached hydrogen (secondary N) is 2. The summed E-state index contributed by atoms with van der Waals surface area (Å²) < 4.78 is 11.3. The second-order valence-electron chi connectivity index (χ2n) is 15.6. The number of benzene rings is 3. The maximum atomic E-state index is 13.5. The third-order valence-electron chi connectivity index (χ3n) is 8.77. The molecule has 0 unspecified atom stereocenters. The van der Waals surface area contributed by atoms with Crippen LogP contribution in [0.1, 0.15) is 121 Å². The van der Waals surface area contributed by atoms with Gasteiger partial charge in [-0.1, -0.05) is 102 Å². The zero-order valence-electron chi connectivity index (χ0n) is 32.6. The molecule has 0 saturated carbocycles. The van der Waals surface area contributed by atoms with Gasteiger partial charge in [-0.15, -0.1) is 0 Å². The van der Waals surface area contributed by atoms with Crippen molar-refractivity contribution < 1.29 is 23.9 Å². The van der Waals surface area contributed by atoms with Gasteiger partial charge >= 0.3 is 5.97 Å². The lowest BCUT2D eigenvalue weighted by atomic mass is 9.86. The molecule has 4 rings (SSSR count). The summed E-state index contributed by atoms with van der Waals surface area (Å²) in [6.45, 7) is 16.2. The molecule has 2 atom stereocenters. The number of hydrogen-bond donors (Lipinski definition) is 2. The Kier molecular flexibility index (Phi) is 14.3. The van der Waals surface area contributed by atoms with Gasteiger partial charge in [0.1, 0.15) is 17.4 Å². The van der Waals surface area contributed by atoms with E-state index in [-0.39, 0.29) is 17.7 Å². The second-order valence-corrected chi connectivity index (χ2v) is 15.6. The number of aromatic nitrogens is 2. The minimum Gasteiger partial charge on any atom is -0.494 e. The van der Waals surface area contributed by atoms with Gasteiger partial charge in [0.25, 0.3) is 5.91 Å². The van der Waals surface area contributed by atoms with Gasteiger partial charge in [-0.05, 0) is 80.5 Å². The molecule has 1 aromatic heterocycles. The molecule has 0 aliphatic rings.